The predicted octanol–water partition coefficient (Wildman–Crippen LogP) is 4.00. The Labute approximate surface area is 106 Å². The Bertz CT molecular complexity index is 544. The third-order valence-corrected chi connectivity index (χ3v) is 2.72. The number of nitrogens with zero attached hydrogens (tertiary/aromatic N) is 1. The molecule has 0 aliphatic heterocycles. The van der Waals surface area contributed by atoms with E-state index in [1.165, 1.54) is 18.3 Å². The van der Waals surface area contributed by atoms with Crippen LogP contribution in [0, 0.1) is 0 Å². The standard InChI is InChI=1S/C12H8ClF3N2/c13-11-10(9(17)5-6-18-11)7-1-3-8(4-2-7)12(14,15)16/h1-6H,(H2,17,18). The second kappa shape index (κ2) is 4.49. The number of hydrogen-bond acceptors (Lipinski definition) is 2. The molecule has 0 aliphatic carbocycles. The van der Waals surface area contributed by atoms with Crippen LogP contribution >= 0.6 is 11.6 Å². The average Bonchev–Trinajstić information content (AvgIpc) is 2.28. The van der Waals surface area contributed by atoms with E-state index in [1.807, 2.05) is 0 Å². The van der Waals surface area contributed by atoms with Crippen molar-refractivity contribution in [2.45, 2.75) is 6.18 Å². The van der Waals surface area contributed by atoms with Crippen LogP contribution in [-0.2, 0) is 6.18 Å². The fourth-order valence-corrected chi connectivity index (χ4v) is 1.84. The Morgan fingerprint density at radius 2 is 1.67 bits per heavy atom. The Morgan fingerprint density at radius 1 is 1.06 bits per heavy atom. The molecule has 2 aromatic rings. The van der Waals surface area contributed by atoms with Crippen molar-refractivity contribution in [3.63, 3.8) is 0 Å². The van der Waals surface area contributed by atoms with Crippen molar-refractivity contribution >= 4 is 17.3 Å². The summed E-state index contributed by atoms with van der Waals surface area (Å²) in [6.07, 6.45) is -2.92. The van der Waals surface area contributed by atoms with E-state index in [0.29, 0.717) is 16.8 Å². The number of hydrogen-bond donors (Lipinski definition) is 1. The van der Waals surface area contributed by atoms with E-state index in [9.17, 15) is 13.2 Å². The first kappa shape index (κ1) is 12.7. The van der Waals surface area contributed by atoms with Crippen LogP contribution < -0.4 is 5.73 Å². The van der Waals surface area contributed by atoms with Crippen LogP contribution in [0.15, 0.2) is 36.5 Å². The fraction of sp³-hybridized carbons (Fsp3) is 0.0833. The Hall–Kier alpha value is -1.75. The lowest BCUT2D eigenvalue weighted by molar-refractivity contribution is -0.137. The van der Waals surface area contributed by atoms with Crippen molar-refractivity contribution < 1.29 is 13.2 Å². The number of nitrogen functional groups attached to an aromatic ring is 1. The van der Waals surface area contributed by atoms with Gasteiger partial charge in [-0.1, -0.05) is 23.7 Å². The summed E-state index contributed by atoms with van der Waals surface area (Å²) in [6.45, 7) is 0. The van der Waals surface area contributed by atoms with E-state index in [4.69, 9.17) is 17.3 Å². The van der Waals surface area contributed by atoms with Crippen molar-refractivity contribution in [1.82, 2.24) is 4.98 Å². The van der Waals surface area contributed by atoms with Crippen molar-refractivity contribution in [3.8, 4) is 11.1 Å². The zero-order valence-electron chi connectivity index (χ0n) is 9.00. The lowest BCUT2D eigenvalue weighted by Gasteiger charge is -2.10. The minimum absolute atomic E-state index is 0.162. The SMILES string of the molecule is Nc1ccnc(Cl)c1-c1ccc(C(F)(F)F)cc1. The number of nitrogens with two attached hydrogens (primary N) is 1. The number of benzene rings is 1. The first-order valence-corrected chi connectivity index (χ1v) is 5.35. The highest BCUT2D eigenvalue weighted by Crippen LogP contribution is 2.34. The minimum Gasteiger partial charge on any atom is -0.398 e. The van der Waals surface area contributed by atoms with Crippen LogP contribution in [0.3, 0.4) is 0 Å². The molecular formula is C12H8ClF3N2. The van der Waals surface area contributed by atoms with Gasteiger partial charge >= 0.3 is 6.18 Å². The smallest absolute Gasteiger partial charge is 0.398 e. The topological polar surface area (TPSA) is 38.9 Å². The number of pyridine rings is 1. The molecule has 18 heavy (non-hydrogen) atoms. The molecule has 0 saturated carbocycles. The van der Waals surface area contributed by atoms with E-state index in [0.717, 1.165) is 12.1 Å². The molecule has 1 aromatic carbocycles. The van der Waals surface area contributed by atoms with Crippen LogP contribution in [0.1, 0.15) is 5.56 Å². The normalized spacial score (nSPS) is 11.6. The fourth-order valence-electron chi connectivity index (χ4n) is 1.56. The van der Waals surface area contributed by atoms with E-state index in [-0.39, 0.29) is 5.15 Å². The van der Waals surface area contributed by atoms with Crippen molar-refractivity contribution in [2.24, 2.45) is 0 Å². The van der Waals surface area contributed by atoms with Gasteiger partial charge in [0.15, 0.2) is 0 Å². The van der Waals surface area contributed by atoms with Gasteiger partial charge in [-0.3, -0.25) is 0 Å². The third-order valence-electron chi connectivity index (χ3n) is 2.44. The summed E-state index contributed by atoms with van der Waals surface area (Å²) in [6, 6.07) is 6.15. The molecule has 0 saturated heterocycles. The van der Waals surface area contributed by atoms with Gasteiger partial charge in [0, 0.05) is 17.4 Å². The predicted molar refractivity (Wildman–Crippen MR) is 64.1 cm³/mol. The lowest BCUT2D eigenvalue weighted by Crippen LogP contribution is -2.04. The zero-order valence-corrected chi connectivity index (χ0v) is 9.76. The van der Waals surface area contributed by atoms with E-state index in [2.05, 4.69) is 4.98 Å². The largest absolute Gasteiger partial charge is 0.416 e. The summed E-state index contributed by atoms with van der Waals surface area (Å²) >= 11 is 5.88. The van der Waals surface area contributed by atoms with Crippen LogP contribution in [0.4, 0.5) is 18.9 Å². The molecule has 0 aliphatic rings. The molecule has 2 N–H and O–H groups in total. The summed E-state index contributed by atoms with van der Waals surface area (Å²) < 4.78 is 37.3. The molecule has 0 bridgehead atoms. The van der Waals surface area contributed by atoms with Gasteiger partial charge in [-0.2, -0.15) is 13.2 Å². The van der Waals surface area contributed by atoms with Gasteiger partial charge in [0.2, 0.25) is 0 Å². The number of rotatable bonds is 1. The van der Waals surface area contributed by atoms with Gasteiger partial charge < -0.3 is 5.73 Å². The minimum atomic E-state index is -4.36. The van der Waals surface area contributed by atoms with Gasteiger partial charge in [-0.15, -0.1) is 0 Å². The molecule has 0 fully saturated rings. The molecule has 0 atom stereocenters. The molecule has 1 heterocycles. The van der Waals surface area contributed by atoms with Gasteiger partial charge in [-0.05, 0) is 23.8 Å². The first-order valence-electron chi connectivity index (χ1n) is 4.97. The molecule has 6 heteroatoms. The molecule has 0 radical (unpaired) electrons. The highest BCUT2D eigenvalue weighted by molar-refractivity contribution is 6.32. The van der Waals surface area contributed by atoms with Crippen LogP contribution in [0.2, 0.25) is 5.15 Å². The lowest BCUT2D eigenvalue weighted by atomic mass is 10.0. The van der Waals surface area contributed by atoms with Gasteiger partial charge in [0.05, 0.1) is 5.56 Å². The second-order valence-electron chi connectivity index (χ2n) is 3.64. The number of alkyl halides is 3. The molecular weight excluding hydrogens is 265 g/mol. The highest BCUT2D eigenvalue weighted by atomic mass is 35.5. The zero-order chi connectivity index (χ0) is 13.3. The van der Waals surface area contributed by atoms with E-state index >= 15 is 0 Å². The summed E-state index contributed by atoms with van der Waals surface area (Å²) in [5.41, 5.74) is 6.32. The number of anilines is 1. The van der Waals surface area contributed by atoms with Gasteiger partial charge in [-0.25, -0.2) is 4.98 Å². The summed E-state index contributed by atoms with van der Waals surface area (Å²) in [5, 5.41) is 0.162. The van der Waals surface area contributed by atoms with Crippen LogP contribution in [0.25, 0.3) is 11.1 Å². The molecule has 94 valence electrons. The van der Waals surface area contributed by atoms with Crippen LogP contribution in [0.5, 0.6) is 0 Å². The Balaban J connectivity index is 2.47. The molecule has 0 spiro atoms. The highest BCUT2D eigenvalue weighted by Gasteiger charge is 2.30. The number of aromatic nitrogens is 1. The molecule has 2 rings (SSSR count). The number of halogens is 4. The van der Waals surface area contributed by atoms with Crippen molar-refractivity contribution in [3.05, 3.63) is 47.2 Å². The maximum atomic E-state index is 12.4. The second-order valence-corrected chi connectivity index (χ2v) is 4.00. The van der Waals surface area contributed by atoms with Gasteiger partial charge in [0.25, 0.3) is 0 Å². The first-order chi connectivity index (χ1) is 8.39. The monoisotopic (exact) mass is 272 g/mol. The van der Waals surface area contributed by atoms with Crippen LogP contribution in [-0.4, -0.2) is 4.98 Å². The van der Waals surface area contributed by atoms with Crippen molar-refractivity contribution in [2.75, 3.05) is 5.73 Å². The van der Waals surface area contributed by atoms with E-state index in [1.54, 1.807) is 6.07 Å². The Kier molecular flexibility index (Phi) is 3.17. The average molecular weight is 273 g/mol. The maximum Gasteiger partial charge on any atom is 0.416 e. The van der Waals surface area contributed by atoms with Gasteiger partial charge in [0.1, 0.15) is 5.15 Å². The quantitative estimate of drug-likeness (QED) is 0.797. The molecule has 2 nitrogen and oxygen atoms in total. The van der Waals surface area contributed by atoms with Crippen molar-refractivity contribution in [1.29, 1.82) is 0 Å². The summed E-state index contributed by atoms with van der Waals surface area (Å²) in [5.74, 6) is 0. The molecule has 0 amide bonds. The maximum absolute atomic E-state index is 12.4. The third kappa shape index (κ3) is 2.41. The summed E-state index contributed by atoms with van der Waals surface area (Å²) in [7, 11) is 0. The van der Waals surface area contributed by atoms with E-state index < -0.39 is 11.7 Å². The molecule has 1 aromatic heterocycles. The Morgan fingerprint density at radius 3 is 2.17 bits per heavy atom. The molecule has 0 unspecified atom stereocenters. The summed E-state index contributed by atoms with van der Waals surface area (Å²) in [4.78, 5) is 3.85.